The van der Waals surface area contributed by atoms with Gasteiger partial charge in [-0.1, -0.05) is 12.1 Å². The molecule has 6 rings (SSSR count). The average Bonchev–Trinajstić information content (AvgIpc) is 3.61. The number of imidazole rings is 1. The molecule has 3 aromatic heterocycles. The predicted molar refractivity (Wildman–Crippen MR) is 143 cm³/mol. The molecule has 38 heavy (non-hydrogen) atoms. The average molecular weight is 507 g/mol. The Morgan fingerprint density at radius 3 is 2.76 bits per heavy atom. The van der Waals surface area contributed by atoms with Crippen molar-refractivity contribution >= 4 is 17.4 Å². The van der Waals surface area contributed by atoms with Gasteiger partial charge in [-0.15, -0.1) is 5.10 Å². The third kappa shape index (κ3) is 4.59. The number of methoxy groups -OCH3 is 1. The number of nitrogens with two attached hydrogens (primary N) is 1. The maximum atomic E-state index is 13.0. The third-order valence-electron chi connectivity index (χ3n) is 6.71. The number of rotatable bonds is 7. The Labute approximate surface area is 219 Å². The van der Waals surface area contributed by atoms with Crippen molar-refractivity contribution in [1.82, 2.24) is 29.3 Å². The highest BCUT2D eigenvalue weighted by Gasteiger charge is 2.21. The van der Waals surface area contributed by atoms with Gasteiger partial charge < -0.3 is 20.4 Å². The quantitative estimate of drug-likeness (QED) is 0.345. The smallest absolute Gasteiger partial charge is 0.261 e. The van der Waals surface area contributed by atoms with E-state index in [4.69, 9.17) is 15.5 Å². The number of benzene rings is 2. The lowest BCUT2D eigenvalue weighted by molar-refractivity contribution is 0.102. The molecule has 10 nitrogen and oxygen atoms in total. The molecule has 0 radical (unpaired) electrons. The molecule has 0 fully saturated rings. The number of fused-ring (bicyclic) bond motifs is 3. The zero-order chi connectivity index (χ0) is 26.1. The first-order valence-corrected chi connectivity index (χ1v) is 12.3. The van der Waals surface area contributed by atoms with Gasteiger partial charge in [-0.3, -0.25) is 4.79 Å². The predicted octanol–water partition coefficient (Wildman–Crippen LogP) is 3.71. The summed E-state index contributed by atoms with van der Waals surface area (Å²) in [6.07, 6.45) is 11.5. The van der Waals surface area contributed by atoms with Crippen molar-refractivity contribution < 1.29 is 9.53 Å². The maximum absolute atomic E-state index is 13.0. The maximum Gasteiger partial charge on any atom is 0.261 e. The van der Waals surface area contributed by atoms with Crippen LogP contribution in [0.15, 0.2) is 73.6 Å². The van der Waals surface area contributed by atoms with Crippen LogP contribution < -0.4 is 15.8 Å². The van der Waals surface area contributed by atoms with Gasteiger partial charge in [0.2, 0.25) is 0 Å². The van der Waals surface area contributed by atoms with Gasteiger partial charge in [0, 0.05) is 42.6 Å². The van der Waals surface area contributed by atoms with Gasteiger partial charge in [0.25, 0.3) is 11.9 Å². The normalized spacial score (nSPS) is 12.0. The van der Waals surface area contributed by atoms with Crippen molar-refractivity contribution in [3.63, 3.8) is 0 Å². The van der Waals surface area contributed by atoms with E-state index in [2.05, 4.69) is 20.4 Å². The van der Waals surface area contributed by atoms with Crippen LogP contribution in [0.1, 0.15) is 27.0 Å². The Morgan fingerprint density at radius 2 is 1.97 bits per heavy atom. The van der Waals surface area contributed by atoms with Crippen LogP contribution >= 0.6 is 0 Å². The number of carbonyl (C=O) groups is 1. The van der Waals surface area contributed by atoms with Crippen LogP contribution in [0.5, 0.6) is 5.75 Å². The van der Waals surface area contributed by atoms with Crippen LogP contribution in [0, 0.1) is 0 Å². The summed E-state index contributed by atoms with van der Waals surface area (Å²) in [6, 6.07) is 13.7. The van der Waals surface area contributed by atoms with Gasteiger partial charge in [-0.05, 0) is 66.3 Å². The summed E-state index contributed by atoms with van der Waals surface area (Å²) in [6.45, 7) is 0.839. The summed E-state index contributed by atoms with van der Waals surface area (Å²) in [4.78, 5) is 26.3. The number of ether oxygens (including phenoxy) is 1. The zero-order valence-electron chi connectivity index (χ0n) is 20.8. The molecule has 1 aliphatic carbocycles. The molecule has 0 bridgehead atoms. The van der Waals surface area contributed by atoms with Gasteiger partial charge in [-0.2, -0.15) is 0 Å². The third-order valence-corrected chi connectivity index (χ3v) is 6.71. The molecule has 10 heteroatoms. The van der Waals surface area contributed by atoms with E-state index in [0.29, 0.717) is 11.6 Å². The van der Waals surface area contributed by atoms with Crippen LogP contribution in [-0.2, 0) is 25.8 Å². The Hall–Kier alpha value is -4.99. The molecule has 0 saturated carbocycles. The van der Waals surface area contributed by atoms with Crippen molar-refractivity contribution in [3.8, 4) is 23.0 Å². The van der Waals surface area contributed by atoms with Crippen molar-refractivity contribution in [2.75, 3.05) is 18.2 Å². The number of anilines is 2. The lowest BCUT2D eigenvalue weighted by Gasteiger charge is -2.19. The van der Waals surface area contributed by atoms with Gasteiger partial charge in [0.05, 0.1) is 19.1 Å². The molecular weight excluding hydrogens is 480 g/mol. The number of nitrogens with one attached hydrogen (secondary N) is 1. The lowest BCUT2D eigenvalue weighted by Crippen LogP contribution is -2.13. The van der Waals surface area contributed by atoms with E-state index in [1.54, 1.807) is 25.8 Å². The van der Waals surface area contributed by atoms with E-state index >= 15 is 0 Å². The summed E-state index contributed by atoms with van der Waals surface area (Å²) < 4.78 is 8.84. The first-order chi connectivity index (χ1) is 18.6. The molecular formula is C28H26N8O2. The van der Waals surface area contributed by atoms with E-state index in [9.17, 15) is 4.79 Å². The molecule has 0 spiro atoms. The second-order valence-electron chi connectivity index (χ2n) is 9.14. The highest BCUT2D eigenvalue weighted by molar-refractivity contribution is 6.07. The van der Waals surface area contributed by atoms with Crippen LogP contribution in [0.4, 0.5) is 11.5 Å². The summed E-state index contributed by atoms with van der Waals surface area (Å²) in [5.41, 5.74) is 12.3. The van der Waals surface area contributed by atoms with E-state index in [1.807, 2.05) is 59.4 Å². The zero-order valence-corrected chi connectivity index (χ0v) is 20.8. The fourth-order valence-corrected chi connectivity index (χ4v) is 4.62. The number of amides is 1. The van der Waals surface area contributed by atoms with Crippen LogP contribution in [-0.4, -0.2) is 42.3 Å². The minimum atomic E-state index is -0.352. The number of nitrogen functional groups attached to an aromatic ring is 1. The largest absolute Gasteiger partial charge is 0.497 e. The molecule has 5 aromatic rings. The Kier molecular flexibility index (Phi) is 6.04. The van der Waals surface area contributed by atoms with E-state index in [0.717, 1.165) is 53.9 Å². The Morgan fingerprint density at radius 1 is 1.13 bits per heavy atom. The first kappa shape index (κ1) is 23.4. The van der Waals surface area contributed by atoms with Crippen molar-refractivity contribution in [3.05, 3.63) is 95.8 Å². The lowest BCUT2D eigenvalue weighted by atomic mass is 9.90. The number of nitrogens with zero attached hydrogens (tertiary/aromatic N) is 6. The van der Waals surface area contributed by atoms with Crippen LogP contribution in [0.3, 0.4) is 0 Å². The summed E-state index contributed by atoms with van der Waals surface area (Å²) in [5.74, 6) is 0.919. The first-order valence-electron chi connectivity index (χ1n) is 12.3. The molecule has 1 amide bonds. The number of aryl methyl sites for hydroxylation is 4. The number of hydrogen-bond acceptors (Lipinski definition) is 7. The SMILES string of the molecule is COc1ccc2c(c1)CCc1cnc(-n3cc(C(=O)Nc4ccc(CCn5ccnc5)cc4)c(N)n3)nc1-2. The molecule has 0 atom stereocenters. The second-order valence-corrected chi connectivity index (χ2v) is 9.14. The summed E-state index contributed by atoms with van der Waals surface area (Å²) >= 11 is 0. The standard InChI is InChI=1S/C28H26N8O2/c1-38-22-8-9-23-19(14-22)4-5-20-15-31-28(33-25(20)23)36-16-24(26(29)34-36)27(37)32-21-6-2-18(3-7-21)10-12-35-13-11-30-17-35/h2-3,6-9,11,13-17H,4-5,10,12H2,1H3,(H2,29,34)(H,32,37). The summed E-state index contributed by atoms with van der Waals surface area (Å²) in [5, 5.41) is 7.21. The van der Waals surface area contributed by atoms with E-state index in [1.165, 1.54) is 10.2 Å². The van der Waals surface area contributed by atoms with Crippen molar-refractivity contribution in [2.45, 2.75) is 25.8 Å². The molecule has 0 unspecified atom stereocenters. The van der Waals surface area contributed by atoms with Crippen LogP contribution in [0.2, 0.25) is 0 Å². The number of aromatic nitrogens is 6. The van der Waals surface area contributed by atoms with E-state index in [-0.39, 0.29) is 17.3 Å². The molecule has 2 aromatic carbocycles. The molecule has 1 aliphatic rings. The highest BCUT2D eigenvalue weighted by atomic mass is 16.5. The second kappa shape index (κ2) is 9.81. The molecule has 3 N–H and O–H groups in total. The minimum absolute atomic E-state index is 0.103. The Bertz CT molecular complexity index is 1610. The minimum Gasteiger partial charge on any atom is -0.497 e. The molecule has 0 aliphatic heterocycles. The van der Waals surface area contributed by atoms with Gasteiger partial charge in [0.15, 0.2) is 5.82 Å². The Balaban J connectivity index is 1.18. The summed E-state index contributed by atoms with van der Waals surface area (Å²) in [7, 11) is 1.66. The van der Waals surface area contributed by atoms with Crippen molar-refractivity contribution in [2.24, 2.45) is 0 Å². The van der Waals surface area contributed by atoms with Gasteiger partial charge >= 0.3 is 0 Å². The fourth-order valence-electron chi connectivity index (χ4n) is 4.62. The molecule has 3 heterocycles. The molecule has 190 valence electrons. The van der Waals surface area contributed by atoms with Crippen LogP contribution in [0.25, 0.3) is 17.2 Å². The van der Waals surface area contributed by atoms with Crippen molar-refractivity contribution in [1.29, 1.82) is 0 Å². The fraction of sp³-hybridized carbons (Fsp3) is 0.179. The molecule has 0 saturated heterocycles. The monoisotopic (exact) mass is 506 g/mol. The van der Waals surface area contributed by atoms with Gasteiger partial charge in [0.1, 0.15) is 11.3 Å². The van der Waals surface area contributed by atoms with Gasteiger partial charge in [-0.25, -0.2) is 19.6 Å². The van der Waals surface area contributed by atoms with E-state index < -0.39 is 0 Å². The topological polar surface area (TPSA) is 126 Å². The highest BCUT2D eigenvalue weighted by Crippen LogP contribution is 2.34. The number of carbonyl (C=O) groups excluding carboxylic acids is 1. The number of hydrogen-bond donors (Lipinski definition) is 2.